The van der Waals surface area contributed by atoms with Gasteiger partial charge in [0.2, 0.25) is 5.91 Å². The minimum Gasteiger partial charge on any atom is -0.466 e. The number of carbonyl (C=O) groups excluding carboxylic acids is 2. The third-order valence-corrected chi connectivity index (χ3v) is 16.4. The van der Waals surface area contributed by atoms with Gasteiger partial charge in [-0.3, -0.25) is 9.59 Å². The highest BCUT2D eigenvalue weighted by atomic mass is 16.5. The van der Waals surface area contributed by atoms with Gasteiger partial charge in [0, 0.05) is 12.8 Å². The number of hydrogen-bond donors (Lipinski definition) is 3. The van der Waals surface area contributed by atoms with Gasteiger partial charge in [0.25, 0.3) is 0 Å². The number of aliphatic hydroxyl groups excluding tert-OH is 2. The lowest BCUT2D eigenvalue weighted by atomic mass is 10.0. The molecule has 0 saturated carbocycles. The molecular weight excluding hydrogens is 959 g/mol. The van der Waals surface area contributed by atoms with E-state index in [2.05, 4.69) is 55.6 Å². The van der Waals surface area contributed by atoms with Crippen LogP contribution >= 0.6 is 0 Å². The van der Waals surface area contributed by atoms with Crippen LogP contribution in [0.25, 0.3) is 0 Å². The summed E-state index contributed by atoms with van der Waals surface area (Å²) in [4.78, 5) is 24.6. The summed E-state index contributed by atoms with van der Waals surface area (Å²) in [5.41, 5.74) is 0. The van der Waals surface area contributed by atoms with Crippen molar-refractivity contribution in [2.75, 3.05) is 13.2 Å². The Morgan fingerprint density at radius 3 is 1.01 bits per heavy atom. The van der Waals surface area contributed by atoms with Crippen LogP contribution in [0.3, 0.4) is 0 Å². The van der Waals surface area contributed by atoms with Gasteiger partial charge >= 0.3 is 5.97 Å². The molecule has 0 aliphatic heterocycles. The molecular formula is C72H137NO5. The predicted molar refractivity (Wildman–Crippen MR) is 343 cm³/mol. The number of carbonyl (C=O) groups is 2. The van der Waals surface area contributed by atoms with Crippen LogP contribution in [0.1, 0.15) is 386 Å². The molecule has 0 aromatic rings. The molecule has 2 unspecified atom stereocenters. The average Bonchev–Trinajstić information content (AvgIpc) is 3.44. The van der Waals surface area contributed by atoms with E-state index in [9.17, 15) is 19.8 Å². The largest absolute Gasteiger partial charge is 0.466 e. The van der Waals surface area contributed by atoms with Crippen LogP contribution in [0.4, 0.5) is 0 Å². The summed E-state index contributed by atoms with van der Waals surface area (Å²) in [6.07, 6.45) is 86.2. The van der Waals surface area contributed by atoms with Gasteiger partial charge in [-0.2, -0.15) is 0 Å². The Kier molecular flexibility index (Phi) is 65.9. The monoisotopic (exact) mass is 1100 g/mol. The Morgan fingerprint density at radius 1 is 0.359 bits per heavy atom. The van der Waals surface area contributed by atoms with Crippen LogP contribution in [0, 0.1) is 0 Å². The van der Waals surface area contributed by atoms with Gasteiger partial charge in [-0.05, 0) is 83.5 Å². The zero-order valence-corrected chi connectivity index (χ0v) is 52.7. The van der Waals surface area contributed by atoms with Crippen LogP contribution in [0.2, 0.25) is 0 Å². The van der Waals surface area contributed by atoms with Gasteiger partial charge in [0.15, 0.2) is 0 Å². The second kappa shape index (κ2) is 67.6. The molecule has 2 atom stereocenters. The van der Waals surface area contributed by atoms with Crippen LogP contribution in [0.15, 0.2) is 36.5 Å². The van der Waals surface area contributed by atoms with Gasteiger partial charge in [-0.25, -0.2) is 0 Å². The SMILES string of the molecule is CCCCC/C=C\C/C=C\CCCCCCCCCCCC(=O)OCCCCCCCCCCCCCC/C=C\CCCCCCCCCCCCCCCC(=O)NC(CO)C(O)CCCCCCCCCCCCCCC. The lowest BCUT2D eigenvalue weighted by Gasteiger charge is -2.22. The molecule has 1 amide bonds. The maximum absolute atomic E-state index is 12.5. The number of aliphatic hydroxyl groups is 2. The number of nitrogens with one attached hydrogen (secondary N) is 1. The van der Waals surface area contributed by atoms with E-state index >= 15 is 0 Å². The van der Waals surface area contributed by atoms with E-state index in [0.29, 0.717) is 25.9 Å². The maximum atomic E-state index is 12.5. The van der Waals surface area contributed by atoms with E-state index in [1.165, 1.54) is 302 Å². The third kappa shape index (κ3) is 63.3. The maximum Gasteiger partial charge on any atom is 0.305 e. The molecule has 0 rings (SSSR count). The third-order valence-electron chi connectivity index (χ3n) is 16.4. The predicted octanol–water partition coefficient (Wildman–Crippen LogP) is 22.7. The molecule has 0 heterocycles. The van der Waals surface area contributed by atoms with E-state index < -0.39 is 12.1 Å². The zero-order valence-electron chi connectivity index (χ0n) is 52.7. The summed E-state index contributed by atoms with van der Waals surface area (Å²) in [6.45, 7) is 4.95. The lowest BCUT2D eigenvalue weighted by molar-refractivity contribution is -0.143. The van der Waals surface area contributed by atoms with Gasteiger partial charge in [0.05, 0.1) is 25.4 Å². The van der Waals surface area contributed by atoms with Crippen molar-refractivity contribution in [2.45, 2.75) is 398 Å². The Labute approximate surface area is 487 Å². The van der Waals surface area contributed by atoms with Crippen molar-refractivity contribution < 1.29 is 24.5 Å². The first-order chi connectivity index (χ1) is 38.5. The van der Waals surface area contributed by atoms with Gasteiger partial charge < -0.3 is 20.3 Å². The second-order valence-corrected chi connectivity index (χ2v) is 24.2. The first-order valence-electron chi connectivity index (χ1n) is 35.2. The van der Waals surface area contributed by atoms with E-state index in [4.69, 9.17) is 4.74 Å². The number of amides is 1. The average molecular weight is 1100 g/mol. The van der Waals surface area contributed by atoms with Gasteiger partial charge in [-0.1, -0.05) is 326 Å². The van der Waals surface area contributed by atoms with Crippen LogP contribution in [-0.2, 0) is 14.3 Å². The Balaban J connectivity index is 3.35. The fourth-order valence-corrected chi connectivity index (χ4v) is 11.0. The van der Waals surface area contributed by atoms with Crippen molar-refractivity contribution >= 4 is 11.9 Å². The Bertz CT molecular complexity index is 1260. The van der Waals surface area contributed by atoms with Crippen molar-refractivity contribution in [1.82, 2.24) is 5.32 Å². The molecule has 6 nitrogen and oxygen atoms in total. The Morgan fingerprint density at radius 2 is 0.641 bits per heavy atom. The Hall–Kier alpha value is -1.92. The molecule has 0 fully saturated rings. The molecule has 0 bridgehead atoms. The normalized spacial score (nSPS) is 12.7. The number of hydrogen-bond acceptors (Lipinski definition) is 5. The summed E-state index contributed by atoms with van der Waals surface area (Å²) < 4.78 is 5.51. The van der Waals surface area contributed by atoms with E-state index in [1.54, 1.807) is 0 Å². The number of allylic oxidation sites excluding steroid dienone is 6. The standard InChI is InChI=1S/C72H137NO5/c1-3-5-7-9-11-13-15-17-18-19-31-35-38-42-46-50-54-58-62-66-72(77)78-67-63-59-55-51-47-43-39-36-33-30-28-26-24-22-20-21-23-25-27-29-32-34-37-41-45-49-53-57-61-65-71(76)73-69(68-74)70(75)64-60-56-52-48-44-40-16-14-12-10-8-6-4-2/h11,13,17-18,20,22,69-70,74-75H,3-10,12,14-16,19,21,23-68H2,1-2H3,(H,73,76)/b13-11-,18-17-,22-20-. The van der Waals surface area contributed by atoms with E-state index in [1.807, 2.05) is 0 Å². The topological polar surface area (TPSA) is 95.9 Å². The zero-order chi connectivity index (χ0) is 56.4. The highest BCUT2D eigenvalue weighted by Gasteiger charge is 2.20. The van der Waals surface area contributed by atoms with Gasteiger partial charge in [-0.15, -0.1) is 0 Å². The molecule has 78 heavy (non-hydrogen) atoms. The molecule has 0 saturated heterocycles. The number of rotatable bonds is 66. The number of ether oxygens (including phenoxy) is 1. The fraction of sp³-hybridized carbons (Fsp3) is 0.889. The highest BCUT2D eigenvalue weighted by molar-refractivity contribution is 5.76. The van der Waals surface area contributed by atoms with Crippen molar-refractivity contribution in [2.24, 2.45) is 0 Å². The van der Waals surface area contributed by atoms with E-state index in [-0.39, 0.29) is 18.5 Å². The molecule has 0 aliphatic rings. The molecule has 0 radical (unpaired) electrons. The summed E-state index contributed by atoms with van der Waals surface area (Å²) in [5, 5.41) is 23.3. The first kappa shape index (κ1) is 76.1. The van der Waals surface area contributed by atoms with Crippen LogP contribution in [-0.4, -0.2) is 47.4 Å². The number of unbranched alkanes of at least 4 members (excludes halogenated alkanes) is 49. The quantitative estimate of drug-likeness (QED) is 0.0320. The molecule has 6 heteroatoms. The van der Waals surface area contributed by atoms with Crippen molar-refractivity contribution in [3.63, 3.8) is 0 Å². The summed E-state index contributed by atoms with van der Waals surface area (Å²) >= 11 is 0. The molecule has 0 aliphatic carbocycles. The highest BCUT2D eigenvalue weighted by Crippen LogP contribution is 2.18. The summed E-state index contributed by atoms with van der Waals surface area (Å²) in [6, 6.07) is -0.540. The molecule has 3 N–H and O–H groups in total. The first-order valence-corrected chi connectivity index (χ1v) is 35.2. The van der Waals surface area contributed by atoms with Crippen molar-refractivity contribution in [3.8, 4) is 0 Å². The fourth-order valence-electron chi connectivity index (χ4n) is 11.0. The van der Waals surface area contributed by atoms with Crippen molar-refractivity contribution in [3.05, 3.63) is 36.5 Å². The second-order valence-electron chi connectivity index (χ2n) is 24.2. The summed E-state index contributed by atoms with van der Waals surface area (Å²) in [7, 11) is 0. The lowest BCUT2D eigenvalue weighted by Crippen LogP contribution is -2.45. The van der Waals surface area contributed by atoms with E-state index in [0.717, 1.165) is 51.4 Å². The molecule has 0 aromatic carbocycles. The van der Waals surface area contributed by atoms with Crippen molar-refractivity contribution in [1.29, 1.82) is 0 Å². The molecule has 0 spiro atoms. The molecule has 460 valence electrons. The molecule has 0 aromatic heterocycles. The minimum atomic E-state index is -0.663. The number of esters is 1. The minimum absolute atomic E-state index is 0.0131. The van der Waals surface area contributed by atoms with Crippen LogP contribution in [0.5, 0.6) is 0 Å². The van der Waals surface area contributed by atoms with Gasteiger partial charge in [0.1, 0.15) is 0 Å². The smallest absolute Gasteiger partial charge is 0.305 e. The summed E-state index contributed by atoms with van der Waals surface area (Å²) in [5.74, 6) is -0.0195. The van der Waals surface area contributed by atoms with Crippen LogP contribution < -0.4 is 5.32 Å².